The van der Waals surface area contributed by atoms with E-state index in [-0.39, 0.29) is 36.3 Å². The second kappa shape index (κ2) is 7.42. The number of hydrogen-bond acceptors (Lipinski definition) is 7. The normalized spacial score (nSPS) is 39.6. The van der Waals surface area contributed by atoms with E-state index in [1.54, 1.807) is 14.2 Å². The van der Waals surface area contributed by atoms with E-state index < -0.39 is 12.6 Å². The predicted octanol–water partition coefficient (Wildman–Crippen LogP) is 1.49. The number of ether oxygens (including phenoxy) is 6. The van der Waals surface area contributed by atoms with Gasteiger partial charge in [-0.1, -0.05) is 12.1 Å². The van der Waals surface area contributed by atoms with Crippen LogP contribution in [0.1, 0.15) is 18.8 Å². The van der Waals surface area contributed by atoms with E-state index in [1.165, 1.54) is 0 Å². The highest BCUT2D eigenvalue weighted by molar-refractivity contribution is 5.28. The van der Waals surface area contributed by atoms with Gasteiger partial charge in [0, 0.05) is 31.1 Å². The second-order valence-corrected chi connectivity index (χ2v) is 6.88. The largest absolute Gasteiger partial charge is 0.497 e. The first-order chi connectivity index (χ1) is 12.7. The molecule has 0 radical (unpaired) electrons. The summed E-state index contributed by atoms with van der Waals surface area (Å²) < 4.78 is 34.5. The third kappa shape index (κ3) is 3.13. The molecule has 0 bridgehead atoms. The summed E-state index contributed by atoms with van der Waals surface area (Å²) in [6.07, 6.45) is -2.02. The lowest BCUT2D eigenvalue weighted by Gasteiger charge is -2.42. The highest BCUT2D eigenvalue weighted by atomic mass is 16.7. The highest BCUT2D eigenvalue weighted by Gasteiger charge is 2.67. The van der Waals surface area contributed by atoms with Crippen LogP contribution in [-0.4, -0.2) is 63.2 Å². The summed E-state index contributed by atoms with van der Waals surface area (Å²) in [5, 5.41) is 10.2. The fourth-order valence-electron chi connectivity index (χ4n) is 4.15. The molecule has 3 fully saturated rings. The van der Waals surface area contributed by atoms with Crippen molar-refractivity contribution >= 4 is 0 Å². The predicted molar refractivity (Wildman–Crippen MR) is 90.6 cm³/mol. The van der Waals surface area contributed by atoms with Crippen molar-refractivity contribution in [3.63, 3.8) is 0 Å². The Bertz CT molecular complexity index is 606. The van der Waals surface area contributed by atoms with Crippen molar-refractivity contribution in [2.24, 2.45) is 11.8 Å². The standard InChI is InChI=1S/C19H26O7/c1-4-23-18(20)14-13-16(14)25-12-9-24-19(26-15(12)17(13)22-3)10-5-7-11(21-2)8-6-10/h5-8,12-20H,4,9H2,1-3H3/t12-,13+,14?,15-,16+,17-,18?,19-/m1/s1. The zero-order valence-corrected chi connectivity index (χ0v) is 15.2. The molecule has 7 heteroatoms. The summed E-state index contributed by atoms with van der Waals surface area (Å²) in [6.45, 7) is 2.74. The fraction of sp³-hybridized carbons (Fsp3) is 0.684. The summed E-state index contributed by atoms with van der Waals surface area (Å²) in [5.74, 6) is 0.762. The van der Waals surface area contributed by atoms with E-state index >= 15 is 0 Å². The topological polar surface area (TPSA) is 75.6 Å². The molecular formula is C19H26O7. The minimum Gasteiger partial charge on any atom is -0.497 e. The first kappa shape index (κ1) is 18.2. The van der Waals surface area contributed by atoms with Gasteiger partial charge in [-0.2, -0.15) is 0 Å². The molecule has 0 aromatic heterocycles. The van der Waals surface area contributed by atoms with E-state index in [0.717, 1.165) is 11.3 Å². The Morgan fingerprint density at radius 1 is 1.15 bits per heavy atom. The van der Waals surface area contributed by atoms with Gasteiger partial charge < -0.3 is 33.5 Å². The van der Waals surface area contributed by atoms with Crippen molar-refractivity contribution in [3.8, 4) is 5.75 Å². The Morgan fingerprint density at radius 2 is 1.92 bits per heavy atom. The first-order valence-corrected chi connectivity index (χ1v) is 9.06. The van der Waals surface area contributed by atoms with E-state index in [2.05, 4.69) is 0 Å². The van der Waals surface area contributed by atoms with Gasteiger partial charge in [0.25, 0.3) is 0 Å². The molecule has 2 aliphatic heterocycles. The third-order valence-electron chi connectivity index (χ3n) is 5.48. The van der Waals surface area contributed by atoms with Crippen LogP contribution in [0, 0.1) is 11.8 Å². The lowest BCUT2D eigenvalue weighted by Crippen LogP contribution is -2.53. The van der Waals surface area contributed by atoms with Gasteiger partial charge in [-0.3, -0.25) is 0 Å². The first-order valence-electron chi connectivity index (χ1n) is 9.06. The van der Waals surface area contributed by atoms with Crippen LogP contribution in [-0.2, 0) is 23.7 Å². The van der Waals surface area contributed by atoms with Gasteiger partial charge in [0.15, 0.2) is 12.6 Å². The SMILES string of the molecule is CCOC(O)C1[C@@H]2[C@@H](OC)[C@@H]3O[C@H](c4ccc(OC)cc4)OC[C@H]3O[C@H]12. The van der Waals surface area contributed by atoms with Crippen molar-refractivity contribution < 1.29 is 33.5 Å². The Kier molecular flexibility index (Phi) is 5.18. The van der Waals surface area contributed by atoms with Crippen LogP contribution in [0.4, 0.5) is 0 Å². The molecule has 1 saturated carbocycles. The lowest BCUT2D eigenvalue weighted by molar-refractivity contribution is -0.303. The molecule has 0 spiro atoms. The van der Waals surface area contributed by atoms with Gasteiger partial charge in [0.2, 0.25) is 0 Å². The van der Waals surface area contributed by atoms with Gasteiger partial charge in [-0.25, -0.2) is 0 Å². The zero-order valence-electron chi connectivity index (χ0n) is 15.2. The number of rotatable bonds is 6. The molecule has 1 aliphatic carbocycles. The number of aliphatic hydroxyl groups is 1. The van der Waals surface area contributed by atoms with E-state index in [0.29, 0.717) is 13.2 Å². The van der Waals surface area contributed by atoms with E-state index in [4.69, 9.17) is 28.4 Å². The molecule has 26 heavy (non-hydrogen) atoms. The molecule has 3 aliphatic rings. The molecule has 2 saturated heterocycles. The summed E-state index contributed by atoms with van der Waals surface area (Å²) in [5.41, 5.74) is 0.919. The smallest absolute Gasteiger partial charge is 0.184 e. The molecule has 0 amide bonds. The van der Waals surface area contributed by atoms with Gasteiger partial charge in [-0.05, 0) is 19.1 Å². The maximum Gasteiger partial charge on any atom is 0.184 e. The van der Waals surface area contributed by atoms with Gasteiger partial charge in [0.05, 0.1) is 25.9 Å². The van der Waals surface area contributed by atoms with Gasteiger partial charge >= 0.3 is 0 Å². The van der Waals surface area contributed by atoms with Gasteiger partial charge in [0.1, 0.15) is 18.0 Å². The monoisotopic (exact) mass is 366 g/mol. The second-order valence-electron chi connectivity index (χ2n) is 6.88. The summed E-state index contributed by atoms with van der Waals surface area (Å²) in [4.78, 5) is 0. The minimum atomic E-state index is -0.842. The van der Waals surface area contributed by atoms with Crippen LogP contribution >= 0.6 is 0 Å². The van der Waals surface area contributed by atoms with Crippen molar-refractivity contribution in [1.29, 1.82) is 0 Å². The molecule has 8 atom stereocenters. The van der Waals surface area contributed by atoms with Crippen molar-refractivity contribution in [3.05, 3.63) is 29.8 Å². The Balaban J connectivity index is 1.47. The fourth-order valence-corrected chi connectivity index (χ4v) is 4.15. The Hall–Kier alpha value is -1.22. The molecule has 1 aromatic rings. The zero-order chi connectivity index (χ0) is 18.3. The lowest BCUT2D eigenvalue weighted by atomic mass is 9.99. The van der Waals surface area contributed by atoms with Crippen LogP contribution < -0.4 is 4.74 Å². The van der Waals surface area contributed by atoms with Crippen LogP contribution in [0.15, 0.2) is 24.3 Å². The molecule has 4 rings (SSSR count). The van der Waals surface area contributed by atoms with Crippen LogP contribution in [0.3, 0.4) is 0 Å². The molecule has 144 valence electrons. The van der Waals surface area contributed by atoms with Crippen molar-refractivity contribution in [2.45, 2.75) is 43.9 Å². The number of aliphatic hydroxyl groups excluding tert-OH is 1. The van der Waals surface area contributed by atoms with Crippen molar-refractivity contribution in [1.82, 2.24) is 0 Å². The molecule has 2 heterocycles. The molecule has 1 aromatic carbocycles. The van der Waals surface area contributed by atoms with Crippen LogP contribution in [0.2, 0.25) is 0 Å². The molecular weight excluding hydrogens is 340 g/mol. The maximum absolute atomic E-state index is 10.2. The summed E-state index contributed by atoms with van der Waals surface area (Å²) in [6, 6.07) is 7.61. The van der Waals surface area contributed by atoms with Crippen LogP contribution in [0.25, 0.3) is 0 Å². The summed E-state index contributed by atoms with van der Waals surface area (Å²) in [7, 11) is 3.31. The number of methoxy groups -OCH3 is 2. The number of fused-ring (bicyclic) bond motifs is 2. The van der Waals surface area contributed by atoms with Crippen molar-refractivity contribution in [2.75, 3.05) is 27.4 Å². The average Bonchev–Trinajstić information content (AvgIpc) is 3.39. The minimum absolute atomic E-state index is 0.0671. The highest BCUT2D eigenvalue weighted by Crippen LogP contribution is 2.54. The third-order valence-corrected chi connectivity index (χ3v) is 5.48. The van der Waals surface area contributed by atoms with Crippen LogP contribution in [0.5, 0.6) is 5.75 Å². The van der Waals surface area contributed by atoms with E-state index in [1.807, 2.05) is 31.2 Å². The number of hydrogen-bond donors (Lipinski definition) is 1. The number of benzene rings is 1. The molecule has 1 N–H and O–H groups in total. The maximum atomic E-state index is 10.2. The van der Waals surface area contributed by atoms with Gasteiger partial charge in [-0.15, -0.1) is 0 Å². The quantitative estimate of drug-likeness (QED) is 0.765. The Labute approximate surface area is 153 Å². The van der Waals surface area contributed by atoms with E-state index in [9.17, 15) is 5.11 Å². The Morgan fingerprint density at radius 3 is 2.58 bits per heavy atom. The molecule has 7 nitrogen and oxygen atoms in total. The average molecular weight is 366 g/mol. The summed E-state index contributed by atoms with van der Waals surface area (Å²) >= 11 is 0. The molecule has 2 unspecified atom stereocenters.